The van der Waals surface area contributed by atoms with Gasteiger partial charge in [0.05, 0.1) is 17.3 Å². The van der Waals surface area contributed by atoms with Gasteiger partial charge in [-0.2, -0.15) is 10.2 Å². The van der Waals surface area contributed by atoms with Crippen molar-refractivity contribution in [1.82, 2.24) is 29.5 Å². The summed E-state index contributed by atoms with van der Waals surface area (Å²) in [5, 5.41) is 11.5. The molecular formula is C18H14ClN7O. The Bertz CT molecular complexity index is 1040. The highest BCUT2D eigenvalue weighted by Crippen LogP contribution is 2.28. The van der Waals surface area contributed by atoms with Crippen molar-refractivity contribution >= 4 is 23.2 Å². The molecule has 0 unspecified atom stereocenters. The van der Waals surface area contributed by atoms with Crippen LogP contribution in [-0.4, -0.2) is 35.4 Å². The zero-order valence-corrected chi connectivity index (χ0v) is 14.8. The SMILES string of the molecule is O=C(Nc1cccc(Cl)c1-n1cncn1)c1ccc(Cn2cncn2)cc1. The molecule has 4 rings (SSSR count). The van der Waals surface area contributed by atoms with E-state index in [1.165, 1.54) is 23.7 Å². The minimum absolute atomic E-state index is 0.245. The van der Waals surface area contributed by atoms with Gasteiger partial charge in [0.25, 0.3) is 5.91 Å². The molecule has 27 heavy (non-hydrogen) atoms. The van der Waals surface area contributed by atoms with Crippen LogP contribution in [0.4, 0.5) is 5.69 Å². The summed E-state index contributed by atoms with van der Waals surface area (Å²) in [7, 11) is 0. The predicted octanol–water partition coefficient (Wildman–Crippen LogP) is 2.81. The van der Waals surface area contributed by atoms with E-state index in [0.29, 0.717) is 28.5 Å². The van der Waals surface area contributed by atoms with Gasteiger partial charge in [-0.25, -0.2) is 19.3 Å². The van der Waals surface area contributed by atoms with Crippen LogP contribution in [-0.2, 0) is 6.54 Å². The maximum absolute atomic E-state index is 12.6. The maximum Gasteiger partial charge on any atom is 0.255 e. The van der Waals surface area contributed by atoms with E-state index in [2.05, 4.69) is 25.5 Å². The topological polar surface area (TPSA) is 90.5 Å². The second kappa shape index (κ2) is 7.38. The molecule has 2 heterocycles. The molecule has 1 N–H and O–H groups in total. The number of rotatable bonds is 5. The molecular weight excluding hydrogens is 366 g/mol. The molecule has 0 saturated carbocycles. The molecule has 2 aromatic carbocycles. The van der Waals surface area contributed by atoms with Crippen LogP contribution in [0.15, 0.2) is 67.8 Å². The number of anilines is 1. The first-order valence-electron chi connectivity index (χ1n) is 8.07. The van der Waals surface area contributed by atoms with Crippen molar-refractivity contribution in [3.63, 3.8) is 0 Å². The van der Waals surface area contributed by atoms with Crippen LogP contribution >= 0.6 is 11.6 Å². The molecule has 0 radical (unpaired) electrons. The Morgan fingerprint density at radius 3 is 2.48 bits per heavy atom. The fourth-order valence-corrected chi connectivity index (χ4v) is 2.89. The molecule has 8 nitrogen and oxygen atoms in total. The van der Waals surface area contributed by atoms with Gasteiger partial charge in [0.15, 0.2) is 0 Å². The van der Waals surface area contributed by atoms with Crippen LogP contribution in [0.2, 0.25) is 5.02 Å². The molecule has 0 fully saturated rings. The second-order valence-electron chi connectivity index (χ2n) is 5.72. The van der Waals surface area contributed by atoms with Crippen molar-refractivity contribution in [3.8, 4) is 5.69 Å². The summed E-state index contributed by atoms with van der Waals surface area (Å²) in [5.74, 6) is -0.245. The molecule has 0 spiro atoms. The molecule has 0 aliphatic heterocycles. The number of aromatic nitrogens is 6. The number of benzene rings is 2. The van der Waals surface area contributed by atoms with E-state index >= 15 is 0 Å². The highest BCUT2D eigenvalue weighted by Gasteiger charge is 2.14. The van der Waals surface area contributed by atoms with Gasteiger partial charge in [-0.3, -0.25) is 4.79 Å². The molecule has 0 aliphatic carbocycles. The highest BCUT2D eigenvalue weighted by molar-refractivity contribution is 6.33. The van der Waals surface area contributed by atoms with E-state index in [-0.39, 0.29) is 5.91 Å². The zero-order valence-electron chi connectivity index (χ0n) is 14.0. The lowest BCUT2D eigenvalue weighted by atomic mass is 10.1. The lowest BCUT2D eigenvalue weighted by Gasteiger charge is -2.12. The summed E-state index contributed by atoms with van der Waals surface area (Å²) >= 11 is 6.29. The summed E-state index contributed by atoms with van der Waals surface area (Å²) in [6.07, 6.45) is 6.06. The first-order valence-corrected chi connectivity index (χ1v) is 8.45. The maximum atomic E-state index is 12.6. The Morgan fingerprint density at radius 1 is 1.00 bits per heavy atom. The second-order valence-corrected chi connectivity index (χ2v) is 6.13. The fourth-order valence-electron chi connectivity index (χ4n) is 2.63. The smallest absolute Gasteiger partial charge is 0.255 e. The lowest BCUT2D eigenvalue weighted by molar-refractivity contribution is 0.102. The summed E-state index contributed by atoms with van der Waals surface area (Å²) in [6.45, 7) is 0.590. The number of halogens is 1. The Balaban J connectivity index is 1.54. The normalized spacial score (nSPS) is 10.7. The molecule has 0 saturated heterocycles. The number of nitrogens with zero attached hydrogens (tertiary/aromatic N) is 6. The monoisotopic (exact) mass is 379 g/mol. The third-order valence-corrected chi connectivity index (χ3v) is 4.22. The largest absolute Gasteiger partial charge is 0.320 e. The van der Waals surface area contributed by atoms with Crippen molar-refractivity contribution in [2.75, 3.05) is 5.32 Å². The molecule has 9 heteroatoms. The summed E-state index contributed by atoms with van der Waals surface area (Å²) < 4.78 is 3.23. The van der Waals surface area contributed by atoms with E-state index in [0.717, 1.165) is 5.56 Å². The average Bonchev–Trinajstić information content (AvgIpc) is 3.36. The molecule has 4 aromatic rings. The molecule has 0 atom stereocenters. The quantitative estimate of drug-likeness (QED) is 0.575. The number of amides is 1. The lowest BCUT2D eigenvalue weighted by Crippen LogP contribution is -2.14. The summed E-state index contributed by atoms with van der Waals surface area (Å²) in [6, 6.07) is 12.6. The Labute approximate surface area is 159 Å². The molecule has 2 aromatic heterocycles. The minimum atomic E-state index is -0.245. The van der Waals surface area contributed by atoms with Crippen molar-refractivity contribution in [2.24, 2.45) is 0 Å². The number of hydrogen-bond donors (Lipinski definition) is 1. The van der Waals surface area contributed by atoms with Crippen molar-refractivity contribution < 1.29 is 4.79 Å². The van der Waals surface area contributed by atoms with Gasteiger partial charge < -0.3 is 5.32 Å². The van der Waals surface area contributed by atoms with E-state index in [9.17, 15) is 4.79 Å². The van der Waals surface area contributed by atoms with E-state index in [1.807, 2.05) is 12.1 Å². The van der Waals surface area contributed by atoms with Gasteiger partial charge in [-0.15, -0.1) is 0 Å². The molecule has 1 amide bonds. The number of carbonyl (C=O) groups is 1. The van der Waals surface area contributed by atoms with Crippen LogP contribution in [0.1, 0.15) is 15.9 Å². The molecule has 0 aliphatic rings. The van der Waals surface area contributed by atoms with Gasteiger partial charge >= 0.3 is 0 Å². The number of nitrogens with one attached hydrogen (secondary N) is 1. The Morgan fingerprint density at radius 2 is 1.78 bits per heavy atom. The van der Waals surface area contributed by atoms with Gasteiger partial charge in [-0.05, 0) is 29.8 Å². The average molecular weight is 380 g/mol. The van der Waals surface area contributed by atoms with E-state index < -0.39 is 0 Å². The Kier molecular flexibility index (Phi) is 4.63. The van der Waals surface area contributed by atoms with Crippen LogP contribution in [0.25, 0.3) is 5.69 Å². The molecule has 134 valence electrons. The van der Waals surface area contributed by atoms with E-state index in [1.54, 1.807) is 41.3 Å². The van der Waals surface area contributed by atoms with Crippen LogP contribution in [0, 0.1) is 0 Å². The van der Waals surface area contributed by atoms with E-state index in [4.69, 9.17) is 11.6 Å². The van der Waals surface area contributed by atoms with Gasteiger partial charge in [0.1, 0.15) is 31.0 Å². The fraction of sp³-hybridized carbons (Fsp3) is 0.0556. The third kappa shape index (κ3) is 3.70. The summed E-state index contributed by atoms with van der Waals surface area (Å²) in [5.41, 5.74) is 2.66. The van der Waals surface area contributed by atoms with Crippen molar-refractivity contribution in [1.29, 1.82) is 0 Å². The Hall–Kier alpha value is -3.52. The first kappa shape index (κ1) is 16.9. The first-order chi connectivity index (χ1) is 13.2. The zero-order chi connectivity index (χ0) is 18.6. The summed E-state index contributed by atoms with van der Waals surface area (Å²) in [4.78, 5) is 20.5. The van der Waals surface area contributed by atoms with Crippen LogP contribution in [0.5, 0.6) is 0 Å². The number of hydrogen-bond acceptors (Lipinski definition) is 5. The van der Waals surface area contributed by atoms with Gasteiger partial charge in [-0.1, -0.05) is 29.8 Å². The number of para-hydroxylation sites is 1. The third-order valence-electron chi connectivity index (χ3n) is 3.91. The standard InChI is InChI=1S/C18H14ClN7O/c19-15-2-1-3-16(17(15)26-12-21-10-23-26)24-18(27)14-6-4-13(5-7-14)8-25-11-20-9-22-25/h1-7,9-12H,8H2,(H,24,27). The van der Waals surface area contributed by atoms with Crippen LogP contribution in [0.3, 0.4) is 0 Å². The number of carbonyl (C=O) groups excluding carboxylic acids is 1. The highest BCUT2D eigenvalue weighted by atomic mass is 35.5. The van der Waals surface area contributed by atoms with Crippen molar-refractivity contribution in [3.05, 3.63) is 83.9 Å². The van der Waals surface area contributed by atoms with Crippen molar-refractivity contribution in [2.45, 2.75) is 6.54 Å². The molecule has 0 bridgehead atoms. The van der Waals surface area contributed by atoms with Gasteiger partial charge in [0, 0.05) is 5.56 Å². The van der Waals surface area contributed by atoms with Gasteiger partial charge in [0.2, 0.25) is 0 Å². The predicted molar refractivity (Wildman–Crippen MR) is 99.9 cm³/mol. The van der Waals surface area contributed by atoms with Crippen LogP contribution < -0.4 is 5.32 Å². The minimum Gasteiger partial charge on any atom is -0.320 e.